The molecule has 86 valence electrons. The molecular formula is C9H22N2O3. The predicted molar refractivity (Wildman–Crippen MR) is 56.2 cm³/mol. The number of aliphatic hydroxyl groups excluding tert-OH is 1. The summed E-state index contributed by atoms with van der Waals surface area (Å²) in [4.78, 5) is 12.0. The molecule has 0 amide bonds. The highest BCUT2D eigenvalue weighted by Gasteiger charge is 1.89. The zero-order valence-electron chi connectivity index (χ0n) is 9.29. The smallest absolute Gasteiger partial charge is 0.317 e. The van der Waals surface area contributed by atoms with Crippen molar-refractivity contribution in [3.63, 3.8) is 0 Å². The molecule has 0 aliphatic carbocycles. The van der Waals surface area contributed by atoms with E-state index in [1.54, 1.807) is 0 Å². The van der Waals surface area contributed by atoms with Gasteiger partial charge in [0.1, 0.15) is 0 Å². The zero-order chi connectivity index (χ0) is 11.4. The molecule has 0 bridgehead atoms. The Morgan fingerprint density at radius 2 is 1.64 bits per heavy atom. The number of aliphatic carboxylic acids is 1. The molecule has 14 heavy (non-hydrogen) atoms. The van der Waals surface area contributed by atoms with Crippen molar-refractivity contribution >= 4 is 5.97 Å². The van der Waals surface area contributed by atoms with E-state index in [0.717, 1.165) is 0 Å². The van der Waals surface area contributed by atoms with Crippen molar-refractivity contribution in [3.8, 4) is 0 Å². The first kappa shape index (κ1) is 15.8. The lowest BCUT2D eigenvalue weighted by Gasteiger charge is -2.13. The van der Waals surface area contributed by atoms with Gasteiger partial charge in [-0.05, 0) is 19.6 Å². The van der Waals surface area contributed by atoms with E-state index in [1.807, 2.05) is 0 Å². The summed E-state index contributed by atoms with van der Waals surface area (Å²) in [6.45, 7) is 9.66. The number of hydrogen-bond donors (Lipinski definition) is 3. The molecule has 5 heteroatoms. The maximum Gasteiger partial charge on any atom is 0.317 e. The predicted octanol–water partition coefficient (Wildman–Crippen LogP) is -0.0415. The molecule has 0 atom stereocenters. The van der Waals surface area contributed by atoms with Gasteiger partial charge in [-0.15, -0.1) is 0 Å². The molecule has 3 N–H and O–H groups in total. The summed E-state index contributed by atoms with van der Waals surface area (Å²) in [7, 11) is 0. The largest absolute Gasteiger partial charge is 0.480 e. The fraction of sp³-hybridized carbons (Fsp3) is 0.889. The van der Waals surface area contributed by atoms with Gasteiger partial charge < -0.3 is 15.1 Å². The molecule has 0 aromatic carbocycles. The minimum absolute atomic E-state index is 0.184. The molecule has 0 rings (SSSR count). The number of carboxylic acid groups (broad SMARTS) is 1. The Balaban J connectivity index is 0. The summed E-state index contributed by atoms with van der Waals surface area (Å²) >= 11 is 0. The Hall–Kier alpha value is -0.650. The highest BCUT2D eigenvalue weighted by Crippen LogP contribution is 1.81. The van der Waals surface area contributed by atoms with Crippen LogP contribution in [0.3, 0.4) is 0 Å². The van der Waals surface area contributed by atoms with Gasteiger partial charge in [-0.25, -0.2) is 0 Å². The van der Waals surface area contributed by atoms with E-state index < -0.39 is 5.97 Å². The van der Waals surface area contributed by atoms with E-state index in [0.29, 0.717) is 0 Å². The Morgan fingerprint density at radius 3 is 1.71 bits per heavy atom. The Morgan fingerprint density at radius 1 is 1.21 bits per heavy atom. The summed E-state index contributed by atoms with van der Waals surface area (Å²) in [6.07, 6.45) is 0. The van der Waals surface area contributed by atoms with Crippen LogP contribution in [-0.2, 0) is 4.79 Å². The van der Waals surface area contributed by atoms with Crippen molar-refractivity contribution in [3.05, 3.63) is 0 Å². The minimum atomic E-state index is -0.964. The van der Waals surface area contributed by atoms with Crippen molar-refractivity contribution in [2.45, 2.75) is 20.8 Å². The zero-order valence-corrected chi connectivity index (χ0v) is 9.29. The molecule has 5 nitrogen and oxygen atoms in total. The van der Waals surface area contributed by atoms with Crippen molar-refractivity contribution < 1.29 is 15.0 Å². The van der Waals surface area contributed by atoms with E-state index in [4.69, 9.17) is 10.2 Å². The lowest BCUT2D eigenvalue weighted by molar-refractivity contribution is -0.136. The molecule has 0 aromatic rings. The van der Waals surface area contributed by atoms with Gasteiger partial charge in [-0.1, -0.05) is 20.8 Å². The third kappa shape index (κ3) is 13.9. The van der Waals surface area contributed by atoms with Gasteiger partial charge in [0, 0.05) is 0 Å². The van der Waals surface area contributed by atoms with E-state index in [2.05, 4.69) is 31.0 Å². The first-order valence-electron chi connectivity index (χ1n) is 4.87. The fourth-order valence-electron chi connectivity index (χ4n) is 0.834. The van der Waals surface area contributed by atoms with Crippen LogP contribution >= 0.6 is 0 Å². The van der Waals surface area contributed by atoms with Crippen molar-refractivity contribution in [1.82, 2.24) is 10.2 Å². The molecule has 0 aliphatic rings. The average molecular weight is 206 g/mol. The summed E-state index contributed by atoms with van der Waals surface area (Å²) in [5.74, 6) is -0.964. The van der Waals surface area contributed by atoms with Crippen LogP contribution in [0.4, 0.5) is 0 Å². The van der Waals surface area contributed by atoms with Crippen LogP contribution in [0.5, 0.6) is 0 Å². The Bertz CT molecular complexity index is 122. The molecule has 0 fully saturated rings. The van der Waals surface area contributed by atoms with Gasteiger partial charge in [0.15, 0.2) is 0 Å². The van der Waals surface area contributed by atoms with Gasteiger partial charge >= 0.3 is 5.97 Å². The number of nitrogens with one attached hydrogen (secondary N) is 1. The van der Waals surface area contributed by atoms with Crippen LogP contribution in [0.25, 0.3) is 0 Å². The van der Waals surface area contributed by atoms with Gasteiger partial charge in [-0.3, -0.25) is 10.1 Å². The van der Waals surface area contributed by atoms with E-state index in [9.17, 15) is 4.79 Å². The van der Waals surface area contributed by atoms with Gasteiger partial charge in [0.2, 0.25) is 0 Å². The van der Waals surface area contributed by atoms with Crippen molar-refractivity contribution in [2.75, 3.05) is 32.9 Å². The third-order valence-electron chi connectivity index (χ3n) is 1.73. The van der Waals surface area contributed by atoms with Crippen LogP contribution in [0, 0.1) is 0 Å². The van der Waals surface area contributed by atoms with Crippen LogP contribution < -0.4 is 5.32 Å². The average Bonchev–Trinajstić information content (AvgIpc) is 2.18. The number of nitrogens with zero attached hydrogens (tertiary/aromatic N) is 1. The monoisotopic (exact) mass is 206 g/mol. The molecule has 0 spiro atoms. The number of aliphatic hydroxyl groups is 1. The standard InChI is InChI=1S/C6H15N.C3H7NO3/c1-4-7(5-2)6-3;5-2-4-1-3(6)7/h4-6H2,1-3H3;4-5H,1-2H2,(H,6,7). The van der Waals surface area contributed by atoms with Crippen molar-refractivity contribution in [1.29, 1.82) is 0 Å². The molecule has 0 aromatic heterocycles. The summed E-state index contributed by atoms with van der Waals surface area (Å²) in [6, 6.07) is 0. The summed E-state index contributed by atoms with van der Waals surface area (Å²) < 4.78 is 0. The number of carbonyl (C=O) groups is 1. The van der Waals surface area contributed by atoms with Gasteiger partial charge in [-0.2, -0.15) is 0 Å². The second kappa shape index (κ2) is 12.3. The van der Waals surface area contributed by atoms with E-state index >= 15 is 0 Å². The van der Waals surface area contributed by atoms with Gasteiger partial charge in [0.25, 0.3) is 0 Å². The molecule has 0 saturated carbocycles. The van der Waals surface area contributed by atoms with Crippen LogP contribution in [0.1, 0.15) is 20.8 Å². The van der Waals surface area contributed by atoms with Crippen LogP contribution in [0.2, 0.25) is 0 Å². The number of carboxylic acids is 1. The van der Waals surface area contributed by atoms with E-state index in [-0.39, 0.29) is 13.3 Å². The highest BCUT2D eigenvalue weighted by molar-refractivity contribution is 5.68. The lowest BCUT2D eigenvalue weighted by Crippen LogP contribution is -2.22. The SMILES string of the molecule is CCN(CC)CC.O=C(O)CNCO. The topological polar surface area (TPSA) is 72.8 Å². The number of rotatable bonds is 6. The molecule has 0 saturated heterocycles. The summed E-state index contributed by atoms with van der Waals surface area (Å²) in [5.41, 5.74) is 0. The molecule has 0 aliphatic heterocycles. The second-order valence-electron chi connectivity index (χ2n) is 2.60. The van der Waals surface area contributed by atoms with Crippen molar-refractivity contribution in [2.24, 2.45) is 0 Å². The van der Waals surface area contributed by atoms with Crippen LogP contribution in [0.15, 0.2) is 0 Å². The van der Waals surface area contributed by atoms with E-state index in [1.165, 1.54) is 19.6 Å². The molecular weight excluding hydrogens is 184 g/mol. The number of hydrogen-bond acceptors (Lipinski definition) is 4. The first-order valence-corrected chi connectivity index (χ1v) is 4.87. The Labute approximate surface area is 85.7 Å². The van der Waals surface area contributed by atoms with Gasteiger partial charge in [0.05, 0.1) is 13.3 Å². The molecule has 0 unspecified atom stereocenters. The fourth-order valence-corrected chi connectivity index (χ4v) is 0.834. The van der Waals surface area contributed by atoms with Crippen LogP contribution in [-0.4, -0.2) is 54.0 Å². The minimum Gasteiger partial charge on any atom is -0.480 e. The first-order chi connectivity index (χ1) is 6.62. The maximum absolute atomic E-state index is 9.58. The quantitative estimate of drug-likeness (QED) is 0.532. The Kier molecular flexibility index (Phi) is 13.9. The third-order valence-corrected chi connectivity index (χ3v) is 1.73. The lowest BCUT2D eigenvalue weighted by atomic mass is 10.5. The normalized spacial score (nSPS) is 9.50. The maximum atomic E-state index is 9.58. The highest BCUT2D eigenvalue weighted by atomic mass is 16.4. The molecule has 0 heterocycles. The second-order valence-corrected chi connectivity index (χ2v) is 2.60. The summed E-state index contributed by atoms with van der Waals surface area (Å²) in [5, 5.41) is 18.0. The molecule has 0 radical (unpaired) electrons.